The Kier molecular flexibility index (Phi) is 5.61. The van der Waals surface area contributed by atoms with Crippen molar-refractivity contribution in [2.45, 2.75) is 76.6 Å². The van der Waals surface area contributed by atoms with Gasteiger partial charge in [-0.05, 0) is 70.6 Å². The zero-order valence-electron chi connectivity index (χ0n) is 19.4. The van der Waals surface area contributed by atoms with Gasteiger partial charge in [0.05, 0.1) is 22.8 Å². The third kappa shape index (κ3) is 4.22. The molecule has 0 saturated carbocycles. The maximum Gasteiger partial charge on any atom is 0.328 e. The lowest BCUT2D eigenvalue weighted by Crippen LogP contribution is -2.40. The summed E-state index contributed by atoms with van der Waals surface area (Å²) in [5, 5.41) is 13.9. The van der Waals surface area contributed by atoms with Gasteiger partial charge in [-0.1, -0.05) is 11.6 Å². The molecule has 2 saturated heterocycles. The van der Waals surface area contributed by atoms with Crippen molar-refractivity contribution in [2.24, 2.45) is 7.05 Å². The number of nitrogens with one attached hydrogen (secondary N) is 1. The Bertz CT molecular complexity index is 1230. The van der Waals surface area contributed by atoms with E-state index in [9.17, 15) is 9.90 Å². The Labute approximate surface area is 198 Å². The van der Waals surface area contributed by atoms with Gasteiger partial charge in [0.25, 0.3) is 0 Å². The molecule has 176 valence electrons. The minimum Gasteiger partial charge on any atom is -0.390 e. The van der Waals surface area contributed by atoms with E-state index in [1.54, 1.807) is 36.2 Å². The maximum atomic E-state index is 12.8. The van der Waals surface area contributed by atoms with Crippen molar-refractivity contribution in [3.8, 4) is 0 Å². The molecule has 33 heavy (non-hydrogen) atoms. The quantitative estimate of drug-likeness (QED) is 0.561. The van der Waals surface area contributed by atoms with Gasteiger partial charge in [0.1, 0.15) is 5.02 Å². The number of benzene rings is 1. The maximum absolute atomic E-state index is 12.8. The smallest absolute Gasteiger partial charge is 0.328 e. The second-order valence-corrected chi connectivity index (χ2v) is 10.4. The molecule has 2 aromatic heterocycles. The van der Waals surface area contributed by atoms with Gasteiger partial charge >= 0.3 is 5.69 Å². The summed E-state index contributed by atoms with van der Waals surface area (Å²) < 4.78 is 3.34. The summed E-state index contributed by atoms with van der Waals surface area (Å²) in [6.07, 6.45) is 8.20. The van der Waals surface area contributed by atoms with Gasteiger partial charge in [-0.2, -0.15) is 4.98 Å². The van der Waals surface area contributed by atoms with Crippen LogP contribution in [0.3, 0.4) is 0 Å². The van der Waals surface area contributed by atoms with Crippen LogP contribution in [0.2, 0.25) is 5.02 Å². The second-order valence-electron chi connectivity index (χ2n) is 9.97. The van der Waals surface area contributed by atoms with Crippen LogP contribution >= 0.6 is 11.6 Å². The number of hydrogen-bond donors (Lipinski definition) is 2. The number of fused-ring (bicyclic) bond motifs is 3. The number of rotatable bonds is 6. The van der Waals surface area contributed by atoms with Crippen LogP contribution < -0.4 is 15.9 Å². The van der Waals surface area contributed by atoms with Gasteiger partial charge in [-0.15, -0.1) is 0 Å². The number of aromatic nitrogens is 4. The van der Waals surface area contributed by atoms with E-state index >= 15 is 0 Å². The number of aliphatic hydroxyl groups is 1. The number of imidazole rings is 1. The zero-order chi connectivity index (χ0) is 23.3. The van der Waals surface area contributed by atoms with Crippen LogP contribution in [0.1, 0.15) is 52.4 Å². The largest absolute Gasteiger partial charge is 0.390 e. The third-order valence-corrected chi connectivity index (χ3v) is 7.29. The molecule has 0 amide bonds. The van der Waals surface area contributed by atoms with E-state index in [1.807, 2.05) is 18.2 Å². The molecule has 0 aliphatic carbocycles. The lowest BCUT2D eigenvalue weighted by molar-refractivity contribution is 0.0662. The lowest BCUT2D eigenvalue weighted by Gasteiger charge is -2.34. The average molecular weight is 471 g/mol. The summed E-state index contributed by atoms with van der Waals surface area (Å²) in [4.78, 5) is 24.5. The predicted octanol–water partition coefficient (Wildman–Crippen LogP) is 4.21. The van der Waals surface area contributed by atoms with Crippen LogP contribution in [-0.2, 0) is 13.6 Å². The third-order valence-electron chi connectivity index (χ3n) is 7.01. The summed E-state index contributed by atoms with van der Waals surface area (Å²) in [6, 6.07) is 6.81. The second kappa shape index (κ2) is 8.33. The van der Waals surface area contributed by atoms with E-state index < -0.39 is 5.60 Å². The number of hydrogen-bond acceptors (Lipinski definition) is 6. The number of aryl methyl sites for hydroxylation is 2. The van der Waals surface area contributed by atoms with Crippen molar-refractivity contribution in [1.29, 1.82) is 0 Å². The fraction of sp³-hybridized carbons (Fsp3) is 0.542. The fourth-order valence-electron chi connectivity index (χ4n) is 5.24. The molecular formula is C24H31ClN6O2. The van der Waals surface area contributed by atoms with Crippen LogP contribution in [-0.4, -0.2) is 41.9 Å². The van der Waals surface area contributed by atoms with Crippen molar-refractivity contribution < 1.29 is 5.11 Å². The van der Waals surface area contributed by atoms with E-state index in [1.165, 1.54) is 32.1 Å². The molecule has 1 aromatic carbocycles. The van der Waals surface area contributed by atoms with E-state index in [2.05, 4.69) is 15.2 Å². The zero-order valence-corrected chi connectivity index (χ0v) is 20.1. The molecule has 2 N–H and O–H groups in total. The van der Waals surface area contributed by atoms with Crippen molar-refractivity contribution in [3.05, 3.63) is 39.9 Å². The minimum atomic E-state index is -0.851. The van der Waals surface area contributed by atoms with E-state index in [4.69, 9.17) is 16.6 Å². The van der Waals surface area contributed by atoms with Crippen LogP contribution in [0, 0.1) is 0 Å². The average Bonchev–Trinajstić information content (AvgIpc) is 3.15. The van der Waals surface area contributed by atoms with Gasteiger partial charge in [0, 0.05) is 31.4 Å². The highest BCUT2D eigenvalue weighted by Crippen LogP contribution is 2.38. The summed E-state index contributed by atoms with van der Waals surface area (Å²) in [7, 11) is 1.76. The molecule has 2 fully saturated rings. The molecule has 0 spiro atoms. The molecule has 2 aliphatic rings. The van der Waals surface area contributed by atoms with E-state index in [0.29, 0.717) is 35.9 Å². The highest BCUT2D eigenvalue weighted by atomic mass is 35.5. The summed E-state index contributed by atoms with van der Waals surface area (Å²) in [6.45, 7) is 3.93. The Balaban J connectivity index is 1.46. The van der Waals surface area contributed by atoms with Crippen molar-refractivity contribution in [1.82, 2.24) is 19.1 Å². The monoisotopic (exact) mass is 470 g/mol. The van der Waals surface area contributed by atoms with Crippen molar-refractivity contribution in [2.75, 3.05) is 10.2 Å². The molecule has 8 nitrogen and oxygen atoms in total. The molecule has 2 atom stereocenters. The van der Waals surface area contributed by atoms with Gasteiger partial charge in [0.2, 0.25) is 5.95 Å². The minimum absolute atomic E-state index is 0.102. The summed E-state index contributed by atoms with van der Waals surface area (Å²) in [5.41, 5.74) is 1.47. The topological polar surface area (TPSA) is 88.2 Å². The molecule has 0 radical (unpaired) electrons. The molecule has 5 rings (SSSR count). The number of halogens is 1. The number of anilines is 3. The Morgan fingerprint density at radius 3 is 2.61 bits per heavy atom. The highest BCUT2D eigenvalue weighted by molar-refractivity contribution is 6.32. The molecule has 0 unspecified atom stereocenters. The van der Waals surface area contributed by atoms with Crippen molar-refractivity contribution >= 4 is 40.1 Å². The molecule has 3 aromatic rings. The van der Waals surface area contributed by atoms with Gasteiger partial charge in [-0.25, -0.2) is 9.78 Å². The fourth-order valence-corrected chi connectivity index (χ4v) is 5.38. The van der Waals surface area contributed by atoms with Crippen LogP contribution in [0.5, 0.6) is 0 Å². The Morgan fingerprint density at radius 1 is 1.18 bits per heavy atom. The van der Waals surface area contributed by atoms with Crippen LogP contribution in [0.25, 0.3) is 11.0 Å². The van der Waals surface area contributed by atoms with Gasteiger partial charge in [0.15, 0.2) is 5.82 Å². The summed E-state index contributed by atoms with van der Waals surface area (Å²) in [5.74, 6) is 1.30. The molecule has 2 bridgehead atoms. The standard InChI is InChI=1S/C24H31ClN6O2/c1-24(2,33)11-12-30-20-13-15(7-10-19(20)29(3)23(30)32)27-21-18(25)14-26-22(28-21)31-16-5-4-6-17(31)9-8-16/h7,10,13-14,16-17,33H,4-6,8-9,11-12H2,1-3H3,(H,26,27,28)/t16-,17+. The molecular weight excluding hydrogens is 440 g/mol. The number of piperidine rings is 1. The van der Waals surface area contributed by atoms with Gasteiger partial charge in [-0.3, -0.25) is 9.13 Å². The highest BCUT2D eigenvalue weighted by Gasteiger charge is 2.38. The Morgan fingerprint density at radius 2 is 1.91 bits per heavy atom. The lowest BCUT2D eigenvalue weighted by atomic mass is 10.0. The first-order chi connectivity index (χ1) is 15.7. The first-order valence-corrected chi connectivity index (χ1v) is 12.1. The normalized spacial score (nSPS) is 20.6. The van der Waals surface area contributed by atoms with Crippen molar-refractivity contribution in [3.63, 3.8) is 0 Å². The van der Waals surface area contributed by atoms with Crippen LogP contribution in [0.15, 0.2) is 29.2 Å². The van der Waals surface area contributed by atoms with Gasteiger partial charge < -0.3 is 15.3 Å². The Hall–Kier alpha value is -2.58. The molecule has 2 aliphatic heterocycles. The first-order valence-electron chi connectivity index (χ1n) is 11.7. The SMILES string of the molecule is Cn1c(=O)n(CCC(C)(C)O)c2cc(Nc3nc(N4[C@@H]5CCC[C@H]4CC5)ncc3Cl)ccc21. The van der Waals surface area contributed by atoms with E-state index in [0.717, 1.165) is 22.7 Å². The molecule has 9 heteroatoms. The van der Waals surface area contributed by atoms with E-state index in [-0.39, 0.29) is 5.69 Å². The summed E-state index contributed by atoms with van der Waals surface area (Å²) >= 11 is 6.46. The number of nitrogens with zero attached hydrogens (tertiary/aromatic N) is 5. The molecule has 4 heterocycles. The van der Waals surface area contributed by atoms with Crippen LogP contribution in [0.4, 0.5) is 17.5 Å². The first kappa shape index (κ1) is 22.2. The predicted molar refractivity (Wildman–Crippen MR) is 132 cm³/mol.